The van der Waals surface area contributed by atoms with Crippen LogP contribution in [0.1, 0.15) is 43.0 Å². The van der Waals surface area contributed by atoms with Gasteiger partial charge in [-0.2, -0.15) is 0 Å². The van der Waals surface area contributed by atoms with Crippen molar-refractivity contribution in [2.75, 3.05) is 26.2 Å². The lowest BCUT2D eigenvalue weighted by molar-refractivity contribution is 0.102. The maximum Gasteiger partial charge on any atom is 0.0470 e. The van der Waals surface area contributed by atoms with Gasteiger partial charge in [0.15, 0.2) is 0 Å². The minimum absolute atomic E-state index is 0.701. The number of likely N-dealkylation sites (tertiary alicyclic amines) is 1. The normalized spacial score (nSPS) is 25.1. The molecule has 2 fully saturated rings. The number of nitrogens with one attached hydrogen (secondary N) is 1. The molecule has 1 atom stereocenters. The van der Waals surface area contributed by atoms with E-state index in [1.807, 2.05) is 11.3 Å². The van der Waals surface area contributed by atoms with Crippen LogP contribution in [0.2, 0.25) is 0 Å². The Morgan fingerprint density at radius 1 is 1.17 bits per heavy atom. The van der Waals surface area contributed by atoms with Crippen molar-refractivity contribution in [3.05, 3.63) is 22.4 Å². The fraction of sp³-hybridized carbons (Fsp3) is 0.733. The Kier molecular flexibility index (Phi) is 4.34. The Morgan fingerprint density at radius 2 is 1.94 bits per heavy atom. The predicted octanol–water partition coefficient (Wildman–Crippen LogP) is 3.27. The highest BCUT2D eigenvalue weighted by atomic mass is 32.1. The number of hydrogen-bond donors (Lipinski definition) is 1. The molecule has 3 rings (SSSR count). The maximum absolute atomic E-state index is 3.50. The fourth-order valence-corrected chi connectivity index (χ4v) is 4.48. The minimum atomic E-state index is 0.701. The van der Waals surface area contributed by atoms with Crippen molar-refractivity contribution in [3.8, 4) is 0 Å². The summed E-state index contributed by atoms with van der Waals surface area (Å²) in [5.41, 5.74) is 0. The van der Waals surface area contributed by atoms with Crippen molar-refractivity contribution in [1.82, 2.24) is 10.2 Å². The Labute approximate surface area is 114 Å². The molecule has 2 aliphatic heterocycles. The highest BCUT2D eigenvalue weighted by Gasteiger charge is 2.31. The molecule has 0 aliphatic carbocycles. The Morgan fingerprint density at radius 3 is 2.61 bits per heavy atom. The van der Waals surface area contributed by atoms with E-state index in [1.165, 1.54) is 58.3 Å². The second kappa shape index (κ2) is 6.18. The van der Waals surface area contributed by atoms with E-state index >= 15 is 0 Å². The lowest BCUT2D eigenvalue weighted by Gasteiger charge is -2.40. The lowest BCUT2D eigenvalue weighted by Crippen LogP contribution is -2.41. The van der Waals surface area contributed by atoms with E-state index < -0.39 is 0 Å². The SMILES string of the molecule is c1csc(C(C2CCNCC2)N2CCCCC2)c1. The zero-order chi connectivity index (χ0) is 12.2. The lowest BCUT2D eigenvalue weighted by atomic mass is 9.87. The molecule has 18 heavy (non-hydrogen) atoms. The van der Waals surface area contributed by atoms with Gasteiger partial charge < -0.3 is 5.32 Å². The van der Waals surface area contributed by atoms with Crippen LogP contribution >= 0.6 is 11.3 Å². The first-order valence-corrected chi connectivity index (χ1v) is 8.31. The summed E-state index contributed by atoms with van der Waals surface area (Å²) in [5, 5.41) is 5.75. The molecule has 3 heteroatoms. The zero-order valence-corrected chi connectivity index (χ0v) is 11.9. The monoisotopic (exact) mass is 264 g/mol. The first-order valence-electron chi connectivity index (χ1n) is 7.43. The number of piperidine rings is 2. The van der Waals surface area contributed by atoms with Crippen LogP contribution in [0.25, 0.3) is 0 Å². The van der Waals surface area contributed by atoms with E-state index in [4.69, 9.17) is 0 Å². The Hall–Kier alpha value is -0.380. The topological polar surface area (TPSA) is 15.3 Å². The number of hydrogen-bond acceptors (Lipinski definition) is 3. The van der Waals surface area contributed by atoms with Gasteiger partial charge in [-0.05, 0) is 69.2 Å². The van der Waals surface area contributed by atoms with E-state index in [-0.39, 0.29) is 0 Å². The van der Waals surface area contributed by atoms with Gasteiger partial charge >= 0.3 is 0 Å². The second-order valence-corrected chi connectivity index (χ2v) is 6.62. The van der Waals surface area contributed by atoms with Gasteiger partial charge in [-0.3, -0.25) is 4.90 Å². The van der Waals surface area contributed by atoms with Gasteiger partial charge in [-0.1, -0.05) is 12.5 Å². The van der Waals surface area contributed by atoms with Crippen molar-refractivity contribution in [2.24, 2.45) is 5.92 Å². The van der Waals surface area contributed by atoms with Crippen molar-refractivity contribution in [3.63, 3.8) is 0 Å². The third-order valence-corrected chi connectivity index (χ3v) is 5.39. The maximum atomic E-state index is 3.50. The van der Waals surface area contributed by atoms with E-state index in [1.54, 1.807) is 4.88 Å². The molecule has 2 nitrogen and oxygen atoms in total. The van der Waals surface area contributed by atoms with Gasteiger partial charge in [0.05, 0.1) is 0 Å². The van der Waals surface area contributed by atoms with E-state index in [2.05, 4.69) is 27.7 Å². The summed E-state index contributed by atoms with van der Waals surface area (Å²) in [6.07, 6.45) is 6.91. The summed E-state index contributed by atoms with van der Waals surface area (Å²) >= 11 is 1.96. The number of rotatable bonds is 3. The summed E-state index contributed by atoms with van der Waals surface area (Å²) in [7, 11) is 0. The van der Waals surface area contributed by atoms with E-state index in [0.717, 1.165) is 5.92 Å². The molecule has 0 amide bonds. The smallest absolute Gasteiger partial charge is 0.0470 e. The summed E-state index contributed by atoms with van der Waals surface area (Å²) < 4.78 is 0. The van der Waals surface area contributed by atoms with Gasteiger partial charge in [0, 0.05) is 10.9 Å². The molecular formula is C15H24N2S. The summed E-state index contributed by atoms with van der Waals surface area (Å²) in [6.45, 7) is 5.04. The average molecular weight is 264 g/mol. The fourth-order valence-electron chi connectivity index (χ4n) is 3.53. The molecule has 2 saturated heterocycles. The molecule has 1 N–H and O–H groups in total. The van der Waals surface area contributed by atoms with Crippen molar-refractivity contribution in [2.45, 2.75) is 38.1 Å². The highest BCUT2D eigenvalue weighted by molar-refractivity contribution is 7.10. The molecule has 1 unspecified atom stereocenters. The van der Waals surface area contributed by atoms with Crippen molar-refractivity contribution >= 4 is 11.3 Å². The quantitative estimate of drug-likeness (QED) is 0.901. The van der Waals surface area contributed by atoms with E-state index in [0.29, 0.717) is 6.04 Å². The summed E-state index contributed by atoms with van der Waals surface area (Å²) in [6, 6.07) is 5.27. The van der Waals surface area contributed by atoms with Gasteiger partial charge in [0.1, 0.15) is 0 Å². The van der Waals surface area contributed by atoms with Crippen LogP contribution in [0, 0.1) is 5.92 Å². The third kappa shape index (κ3) is 2.79. The van der Waals surface area contributed by atoms with Crippen LogP contribution in [0.15, 0.2) is 17.5 Å². The van der Waals surface area contributed by atoms with Crippen LogP contribution in [-0.4, -0.2) is 31.1 Å². The second-order valence-electron chi connectivity index (χ2n) is 5.64. The molecule has 3 heterocycles. The first kappa shape index (κ1) is 12.6. The Balaban J connectivity index is 1.78. The number of thiophene rings is 1. The van der Waals surface area contributed by atoms with E-state index in [9.17, 15) is 0 Å². The standard InChI is InChI=1S/C15H24N2S/c1-2-10-17(11-3-1)15(14-5-4-12-18-14)13-6-8-16-9-7-13/h4-5,12-13,15-16H,1-3,6-11H2. The van der Waals surface area contributed by atoms with Gasteiger partial charge in [0.2, 0.25) is 0 Å². The molecule has 1 aromatic heterocycles. The summed E-state index contributed by atoms with van der Waals surface area (Å²) in [5.74, 6) is 0.864. The van der Waals surface area contributed by atoms with Gasteiger partial charge in [-0.25, -0.2) is 0 Å². The minimum Gasteiger partial charge on any atom is -0.317 e. The van der Waals surface area contributed by atoms with Crippen molar-refractivity contribution in [1.29, 1.82) is 0 Å². The van der Waals surface area contributed by atoms with Crippen molar-refractivity contribution < 1.29 is 0 Å². The van der Waals surface area contributed by atoms with Crippen LogP contribution in [0.4, 0.5) is 0 Å². The molecule has 100 valence electrons. The molecule has 1 aromatic rings. The summed E-state index contributed by atoms with van der Waals surface area (Å²) in [4.78, 5) is 4.37. The molecule has 0 saturated carbocycles. The van der Waals surface area contributed by atoms with Crippen LogP contribution in [-0.2, 0) is 0 Å². The molecule has 2 aliphatic rings. The zero-order valence-electron chi connectivity index (χ0n) is 11.1. The predicted molar refractivity (Wildman–Crippen MR) is 78.1 cm³/mol. The van der Waals surface area contributed by atoms with Crippen LogP contribution < -0.4 is 5.32 Å². The highest BCUT2D eigenvalue weighted by Crippen LogP contribution is 2.37. The third-order valence-electron chi connectivity index (χ3n) is 4.45. The molecule has 0 bridgehead atoms. The van der Waals surface area contributed by atoms with Gasteiger partial charge in [-0.15, -0.1) is 11.3 Å². The first-order chi connectivity index (χ1) is 8.95. The van der Waals surface area contributed by atoms with Gasteiger partial charge in [0.25, 0.3) is 0 Å². The van der Waals surface area contributed by atoms with Crippen LogP contribution in [0.3, 0.4) is 0 Å². The Bertz CT molecular complexity index is 319. The number of nitrogens with zero attached hydrogens (tertiary/aromatic N) is 1. The molecule has 0 radical (unpaired) electrons. The molecular weight excluding hydrogens is 240 g/mol. The van der Waals surface area contributed by atoms with Crippen LogP contribution in [0.5, 0.6) is 0 Å². The average Bonchev–Trinajstić information content (AvgIpc) is 2.95. The largest absolute Gasteiger partial charge is 0.317 e. The molecule has 0 spiro atoms. The molecule has 0 aromatic carbocycles.